The van der Waals surface area contributed by atoms with Gasteiger partial charge in [0.2, 0.25) is 0 Å². The fourth-order valence-corrected chi connectivity index (χ4v) is 7.93. The molecule has 0 saturated carbocycles. The lowest BCUT2D eigenvalue weighted by molar-refractivity contribution is 0.446. The molecule has 0 radical (unpaired) electrons. The normalized spacial score (nSPS) is 14.7. The minimum Gasteiger partial charge on any atom is -0.203 e. The molecule has 0 saturated heterocycles. The SMILES string of the molecule is CC1(C)c2ccccc2-c2ccc(-c3c(F)c(F)c(-c4c(F)c(F)c(-c5ccc6c(c5)C(C)(C)c5ccccc5-6)c(F)c4F)c(F)c3F)cc21. The summed E-state index contributed by atoms with van der Waals surface area (Å²) in [6.07, 6.45) is 0. The van der Waals surface area contributed by atoms with Crippen LogP contribution in [0.4, 0.5) is 35.1 Å². The summed E-state index contributed by atoms with van der Waals surface area (Å²) in [6.45, 7) is 7.55. The van der Waals surface area contributed by atoms with E-state index in [0.29, 0.717) is 11.1 Å². The van der Waals surface area contributed by atoms with Gasteiger partial charge in [0.05, 0.1) is 22.3 Å². The molecule has 0 aromatic heterocycles. The second-order valence-electron chi connectivity index (χ2n) is 13.9. The lowest BCUT2D eigenvalue weighted by atomic mass is 9.81. The van der Waals surface area contributed by atoms with Crippen LogP contribution in [0.5, 0.6) is 0 Å². The standard InChI is InChI=1S/C42H26F8/c1-41(2)25-11-7-5-9-21(25)23-15-13-19(17-27(23)41)29-33(43)37(47)31(38(48)34(29)44)32-39(49)35(45)30(36(46)40(32)50)20-14-16-24-22-10-6-8-12-26(22)42(3,4)28(24)18-20/h5-18H,1-4H3. The van der Waals surface area contributed by atoms with E-state index in [1.165, 1.54) is 24.3 Å². The number of fused-ring (bicyclic) bond motifs is 6. The van der Waals surface area contributed by atoms with Gasteiger partial charge in [-0.1, -0.05) is 100 Å². The Morgan fingerprint density at radius 3 is 0.940 bits per heavy atom. The third-order valence-electron chi connectivity index (χ3n) is 10.5. The van der Waals surface area contributed by atoms with Crippen molar-refractivity contribution >= 4 is 0 Å². The first-order valence-electron chi connectivity index (χ1n) is 15.9. The highest BCUT2D eigenvalue weighted by Gasteiger charge is 2.39. The second-order valence-corrected chi connectivity index (χ2v) is 13.9. The molecule has 6 aromatic carbocycles. The zero-order valence-corrected chi connectivity index (χ0v) is 27.1. The predicted molar refractivity (Wildman–Crippen MR) is 178 cm³/mol. The zero-order chi connectivity index (χ0) is 35.6. The third kappa shape index (κ3) is 4.11. The van der Waals surface area contributed by atoms with Crippen LogP contribution < -0.4 is 0 Å². The highest BCUT2D eigenvalue weighted by atomic mass is 19.2. The molecule has 0 aliphatic heterocycles. The lowest BCUT2D eigenvalue weighted by Crippen LogP contribution is -2.15. The van der Waals surface area contributed by atoms with Crippen LogP contribution in [0.3, 0.4) is 0 Å². The largest absolute Gasteiger partial charge is 0.203 e. The van der Waals surface area contributed by atoms with Crippen molar-refractivity contribution in [2.75, 3.05) is 0 Å². The lowest BCUT2D eigenvalue weighted by Gasteiger charge is -2.22. The quantitative estimate of drug-likeness (QED) is 0.129. The van der Waals surface area contributed by atoms with Gasteiger partial charge in [-0.2, -0.15) is 0 Å². The molecule has 8 rings (SSSR count). The summed E-state index contributed by atoms with van der Waals surface area (Å²) in [6, 6.07) is 23.5. The van der Waals surface area contributed by atoms with Gasteiger partial charge in [-0.05, 0) is 67.8 Å². The van der Waals surface area contributed by atoms with E-state index >= 15 is 35.1 Å². The van der Waals surface area contributed by atoms with Crippen LogP contribution in [-0.2, 0) is 10.8 Å². The average molecular weight is 683 g/mol. The van der Waals surface area contributed by atoms with Gasteiger partial charge >= 0.3 is 0 Å². The number of benzene rings is 6. The monoisotopic (exact) mass is 682 g/mol. The number of hydrogen-bond donors (Lipinski definition) is 0. The van der Waals surface area contributed by atoms with Crippen molar-refractivity contribution in [1.82, 2.24) is 0 Å². The Balaban J connectivity index is 1.26. The molecule has 8 heteroatoms. The fourth-order valence-electron chi connectivity index (χ4n) is 7.93. The summed E-state index contributed by atoms with van der Waals surface area (Å²) in [5.74, 6) is -16.7. The maximum absolute atomic E-state index is 15.8. The summed E-state index contributed by atoms with van der Waals surface area (Å²) >= 11 is 0. The van der Waals surface area contributed by atoms with E-state index in [-0.39, 0.29) is 11.1 Å². The molecule has 0 atom stereocenters. The van der Waals surface area contributed by atoms with E-state index in [0.717, 1.165) is 33.4 Å². The molecule has 0 nitrogen and oxygen atoms in total. The summed E-state index contributed by atoms with van der Waals surface area (Å²) in [7, 11) is 0. The molecule has 6 aromatic rings. The summed E-state index contributed by atoms with van der Waals surface area (Å²) < 4.78 is 126. The molecular formula is C42H26F8. The Morgan fingerprint density at radius 1 is 0.320 bits per heavy atom. The van der Waals surface area contributed by atoms with Crippen molar-refractivity contribution in [2.45, 2.75) is 38.5 Å². The van der Waals surface area contributed by atoms with Gasteiger partial charge in [-0.15, -0.1) is 0 Å². The molecule has 0 heterocycles. The minimum atomic E-state index is -2.21. The molecule has 0 amide bonds. The molecule has 0 N–H and O–H groups in total. The number of rotatable bonds is 3. The van der Waals surface area contributed by atoms with Crippen LogP contribution in [0.15, 0.2) is 84.9 Å². The van der Waals surface area contributed by atoms with Gasteiger partial charge in [0, 0.05) is 10.8 Å². The molecule has 0 unspecified atom stereocenters. The van der Waals surface area contributed by atoms with Crippen molar-refractivity contribution in [2.24, 2.45) is 0 Å². The van der Waals surface area contributed by atoms with Crippen molar-refractivity contribution in [3.05, 3.63) is 154 Å². The van der Waals surface area contributed by atoms with E-state index in [1.54, 1.807) is 12.1 Å². The van der Waals surface area contributed by atoms with Crippen LogP contribution in [-0.4, -0.2) is 0 Å². The second kappa shape index (κ2) is 10.6. The van der Waals surface area contributed by atoms with Gasteiger partial charge in [0.15, 0.2) is 46.5 Å². The van der Waals surface area contributed by atoms with Crippen molar-refractivity contribution in [1.29, 1.82) is 0 Å². The topological polar surface area (TPSA) is 0 Å². The first kappa shape index (κ1) is 32.0. The Morgan fingerprint density at radius 2 is 0.600 bits per heavy atom. The first-order valence-corrected chi connectivity index (χ1v) is 15.9. The Hall–Kier alpha value is -5.24. The van der Waals surface area contributed by atoms with E-state index in [4.69, 9.17) is 0 Å². The summed E-state index contributed by atoms with van der Waals surface area (Å²) in [5, 5.41) is 0. The maximum Gasteiger partial charge on any atom is 0.170 e. The van der Waals surface area contributed by atoms with Gasteiger partial charge in [-0.3, -0.25) is 0 Å². The van der Waals surface area contributed by atoms with Crippen molar-refractivity contribution < 1.29 is 35.1 Å². The minimum absolute atomic E-state index is 0.237. The highest BCUT2D eigenvalue weighted by Crippen LogP contribution is 2.52. The summed E-state index contributed by atoms with van der Waals surface area (Å²) in [4.78, 5) is 0. The van der Waals surface area contributed by atoms with Gasteiger partial charge < -0.3 is 0 Å². The van der Waals surface area contributed by atoms with Crippen LogP contribution in [0, 0.1) is 46.5 Å². The molecule has 0 spiro atoms. The zero-order valence-electron chi connectivity index (χ0n) is 27.1. The summed E-state index contributed by atoms with van der Waals surface area (Å²) in [5.41, 5.74) is -1.34. The van der Waals surface area contributed by atoms with Crippen LogP contribution in [0.1, 0.15) is 49.9 Å². The average Bonchev–Trinajstić information content (AvgIpc) is 3.47. The number of halogens is 8. The maximum atomic E-state index is 15.8. The van der Waals surface area contributed by atoms with Crippen LogP contribution in [0.2, 0.25) is 0 Å². The Bertz CT molecular complexity index is 2240. The first-order chi connectivity index (χ1) is 23.7. The molecule has 50 heavy (non-hydrogen) atoms. The van der Waals surface area contributed by atoms with Crippen LogP contribution in [0.25, 0.3) is 55.6 Å². The van der Waals surface area contributed by atoms with Gasteiger partial charge in [0.25, 0.3) is 0 Å². The number of hydrogen-bond acceptors (Lipinski definition) is 0. The van der Waals surface area contributed by atoms with E-state index < -0.39 is 79.6 Å². The predicted octanol–water partition coefficient (Wildman–Crippen LogP) is 12.4. The Kier molecular flexibility index (Phi) is 6.80. The van der Waals surface area contributed by atoms with Gasteiger partial charge in [0.1, 0.15) is 0 Å². The molecule has 0 bridgehead atoms. The molecule has 250 valence electrons. The fraction of sp³-hybridized carbons (Fsp3) is 0.143. The van der Waals surface area contributed by atoms with E-state index in [2.05, 4.69) is 0 Å². The van der Waals surface area contributed by atoms with Crippen molar-refractivity contribution in [3.63, 3.8) is 0 Å². The van der Waals surface area contributed by atoms with Gasteiger partial charge in [-0.25, -0.2) is 35.1 Å². The molecular weight excluding hydrogens is 656 g/mol. The van der Waals surface area contributed by atoms with Crippen LogP contribution >= 0.6 is 0 Å². The molecule has 0 fully saturated rings. The van der Waals surface area contributed by atoms with E-state index in [9.17, 15) is 0 Å². The van der Waals surface area contributed by atoms with Crippen molar-refractivity contribution in [3.8, 4) is 55.6 Å². The molecule has 2 aliphatic carbocycles. The third-order valence-corrected chi connectivity index (χ3v) is 10.5. The molecule has 2 aliphatic rings. The highest BCUT2D eigenvalue weighted by molar-refractivity contribution is 5.86. The smallest absolute Gasteiger partial charge is 0.170 e. The Labute approximate surface area is 282 Å². The van der Waals surface area contributed by atoms with E-state index in [1.807, 2.05) is 76.2 Å².